The highest BCUT2D eigenvalue weighted by Crippen LogP contribution is 2.27. The molecule has 0 spiro atoms. The number of nitrogens with zero attached hydrogens (tertiary/aromatic N) is 2. The predicted molar refractivity (Wildman–Crippen MR) is 97.4 cm³/mol. The van der Waals surface area contributed by atoms with Crippen LogP contribution in [0.2, 0.25) is 0 Å². The largest absolute Gasteiger partial charge is 0.383 e. The standard InChI is InChI=1S/C18H21N3O3S/c1-25-18-20-16(14(10-22)17(19)21-18)13-7-5-12(6-8-13)11-24-15-4-2-3-9-23-15/h5-8,10,15H,2-4,9,11H2,1H3,(H2,19,20,21). The van der Waals surface area contributed by atoms with Gasteiger partial charge in [-0.3, -0.25) is 4.79 Å². The van der Waals surface area contributed by atoms with Crippen LogP contribution in [0, 0.1) is 0 Å². The lowest BCUT2D eigenvalue weighted by molar-refractivity contribution is -0.168. The molecule has 1 aromatic carbocycles. The smallest absolute Gasteiger partial charge is 0.189 e. The van der Waals surface area contributed by atoms with Crippen molar-refractivity contribution < 1.29 is 14.3 Å². The molecule has 1 aliphatic rings. The normalized spacial score (nSPS) is 17.4. The first-order valence-corrected chi connectivity index (χ1v) is 9.43. The van der Waals surface area contributed by atoms with E-state index in [1.807, 2.05) is 30.5 Å². The summed E-state index contributed by atoms with van der Waals surface area (Å²) >= 11 is 1.39. The zero-order chi connectivity index (χ0) is 17.6. The maximum atomic E-state index is 11.4. The van der Waals surface area contributed by atoms with Gasteiger partial charge in [-0.1, -0.05) is 36.0 Å². The average molecular weight is 359 g/mol. The number of nitrogen functional groups attached to an aromatic ring is 1. The van der Waals surface area contributed by atoms with Crippen molar-refractivity contribution in [3.8, 4) is 11.3 Å². The van der Waals surface area contributed by atoms with Crippen molar-refractivity contribution in [1.29, 1.82) is 0 Å². The lowest BCUT2D eigenvalue weighted by atomic mass is 10.1. The van der Waals surface area contributed by atoms with Gasteiger partial charge in [-0.2, -0.15) is 0 Å². The summed E-state index contributed by atoms with van der Waals surface area (Å²) in [5, 5.41) is 0.542. The summed E-state index contributed by atoms with van der Waals surface area (Å²) in [5.74, 6) is 0.200. The second kappa shape index (κ2) is 8.42. The van der Waals surface area contributed by atoms with Crippen LogP contribution in [-0.2, 0) is 16.1 Å². The number of hydrogen-bond donors (Lipinski definition) is 1. The summed E-state index contributed by atoms with van der Waals surface area (Å²) in [6.45, 7) is 1.26. The third-order valence-corrected chi connectivity index (χ3v) is 4.60. The highest BCUT2D eigenvalue weighted by atomic mass is 32.2. The predicted octanol–water partition coefficient (Wildman–Crippen LogP) is 3.30. The van der Waals surface area contributed by atoms with Gasteiger partial charge in [0.05, 0.1) is 17.9 Å². The fourth-order valence-electron chi connectivity index (χ4n) is 2.68. The Balaban J connectivity index is 1.75. The van der Waals surface area contributed by atoms with Gasteiger partial charge in [0.25, 0.3) is 0 Å². The Morgan fingerprint density at radius 2 is 2.12 bits per heavy atom. The molecule has 7 heteroatoms. The minimum absolute atomic E-state index is 0.110. The third kappa shape index (κ3) is 4.36. The van der Waals surface area contributed by atoms with Gasteiger partial charge in [-0.25, -0.2) is 9.97 Å². The molecule has 1 fully saturated rings. The van der Waals surface area contributed by atoms with E-state index in [1.165, 1.54) is 11.8 Å². The van der Waals surface area contributed by atoms with Crippen LogP contribution in [0.5, 0.6) is 0 Å². The molecular weight excluding hydrogens is 338 g/mol. The number of hydrogen-bond acceptors (Lipinski definition) is 7. The van der Waals surface area contributed by atoms with Crippen LogP contribution in [0.4, 0.5) is 5.82 Å². The molecular formula is C18H21N3O3S. The summed E-state index contributed by atoms with van der Waals surface area (Å²) in [6.07, 6.45) is 5.65. The zero-order valence-corrected chi connectivity index (χ0v) is 14.9. The number of rotatable bonds is 6. The maximum Gasteiger partial charge on any atom is 0.189 e. The summed E-state index contributed by atoms with van der Waals surface area (Å²) in [6, 6.07) is 7.76. The number of carbonyl (C=O) groups excluding carboxylic acids is 1. The molecule has 0 radical (unpaired) electrons. The van der Waals surface area contributed by atoms with Crippen LogP contribution in [0.3, 0.4) is 0 Å². The number of benzene rings is 1. The van der Waals surface area contributed by atoms with Crippen molar-refractivity contribution >= 4 is 23.9 Å². The number of thioether (sulfide) groups is 1. The summed E-state index contributed by atoms with van der Waals surface area (Å²) in [7, 11) is 0. The van der Waals surface area contributed by atoms with Gasteiger partial charge in [-0.05, 0) is 31.1 Å². The Morgan fingerprint density at radius 3 is 2.76 bits per heavy atom. The molecule has 2 aromatic rings. The molecule has 2 heterocycles. The number of aromatic nitrogens is 2. The van der Waals surface area contributed by atoms with Crippen LogP contribution in [-0.4, -0.2) is 35.4 Å². The van der Waals surface area contributed by atoms with E-state index in [0.29, 0.717) is 29.3 Å². The molecule has 6 nitrogen and oxygen atoms in total. The fourth-order valence-corrected chi connectivity index (χ4v) is 3.06. The highest BCUT2D eigenvalue weighted by molar-refractivity contribution is 7.98. The Hall–Kier alpha value is -1.96. The number of nitrogens with two attached hydrogens (primary N) is 1. The van der Waals surface area contributed by atoms with Gasteiger partial charge >= 0.3 is 0 Å². The topological polar surface area (TPSA) is 87.3 Å². The third-order valence-electron chi connectivity index (χ3n) is 4.06. The molecule has 0 bridgehead atoms. The minimum atomic E-state index is -0.110. The van der Waals surface area contributed by atoms with E-state index in [0.717, 1.165) is 37.0 Å². The second-order valence-corrected chi connectivity index (χ2v) is 6.55. The number of ether oxygens (including phenoxy) is 2. The van der Waals surface area contributed by atoms with Gasteiger partial charge in [0.15, 0.2) is 17.7 Å². The molecule has 1 saturated heterocycles. The molecule has 1 atom stereocenters. The number of anilines is 1. The van der Waals surface area contributed by atoms with Crippen LogP contribution in [0.15, 0.2) is 29.4 Å². The van der Waals surface area contributed by atoms with Crippen LogP contribution in [0.1, 0.15) is 35.2 Å². The molecule has 1 unspecified atom stereocenters. The van der Waals surface area contributed by atoms with E-state index < -0.39 is 0 Å². The monoisotopic (exact) mass is 359 g/mol. The Labute approximate surface area is 151 Å². The molecule has 1 aliphatic heterocycles. The van der Waals surface area contributed by atoms with Gasteiger partial charge in [-0.15, -0.1) is 0 Å². The summed E-state index contributed by atoms with van der Waals surface area (Å²) < 4.78 is 11.4. The molecule has 1 aromatic heterocycles. The molecule has 132 valence electrons. The van der Waals surface area contributed by atoms with Crippen molar-refractivity contribution in [3.63, 3.8) is 0 Å². The molecule has 0 aliphatic carbocycles. The summed E-state index contributed by atoms with van der Waals surface area (Å²) in [5.41, 5.74) is 8.61. The lowest BCUT2D eigenvalue weighted by Gasteiger charge is -2.22. The highest BCUT2D eigenvalue weighted by Gasteiger charge is 2.15. The maximum absolute atomic E-state index is 11.4. The van der Waals surface area contributed by atoms with Crippen LogP contribution >= 0.6 is 11.8 Å². The van der Waals surface area contributed by atoms with Crippen molar-refractivity contribution in [1.82, 2.24) is 9.97 Å². The van der Waals surface area contributed by atoms with Gasteiger partial charge in [0.2, 0.25) is 0 Å². The molecule has 0 amide bonds. The van der Waals surface area contributed by atoms with Crippen LogP contribution < -0.4 is 5.73 Å². The molecule has 2 N–H and O–H groups in total. The van der Waals surface area contributed by atoms with Gasteiger partial charge in [0.1, 0.15) is 5.82 Å². The first kappa shape index (κ1) is 17.8. The van der Waals surface area contributed by atoms with Crippen molar-refractivity contribution in [3.05, 3.63) is 35.4 Å². The van der Waals surface area contributed by atoms with Crippen molar-refractivity contribution in [2.45, 2.75) is 37.3 Å². The molecule has 0 saturated carbocycles. The Kier molecular flexibility index (Phi) is 6.01. The SMILES string of the molecule is CSc1nc(N)c(C=O)c(-c2ccc(COC3CCCCO3)cc2)n1. The average Bonchev–Trinajstić information content (AvgIpc) is 2.67. The fraction of sp³-hybridized carbons (Fsp3) is 0.389. The van der Waals surface area contributed by atoms with Crippen molar-refractivity contribution in [2.75, 3.05) is 18.6 Å². The van der Waals surface area contributed by atoms with Gasteiger partial charge < -0.3 is 15.2 Å². The molecule has 3 rings (SSSR count). The van der Waals surface area contributed by atoms with E-state index in [1.54, 1.807) is 0 Å². The van der Waals surface area contributed by atoms with E-state index in [4.69, 9.17) is 15.2 Å². The summed E-state index contributed by atoms with van der Waals surface area (Å²) in [4.78, 5) is 19.9. The molecule has 25 heavy (non-hydrogen) atoms. The van der Waals surface area contributed by atoms with Crippen molar-refractivity contribution in [2.24, 2.45) is 0 Å². The lowest BCUT2D eigenvalue weighted by Crippen LogP contribution is -2.21. The minimum Gasteiger partial charge on any atom is -0.383 e. The number of aldehydes is 1. The Bertz CT molecular complexity index is 731. The van der Waals surface area contributed by atoms with E-state index >= 15 is 0 Å². The Morgan fingerprint density at radius 1 is 1.32 bits per heavy atom. The van der Waals surface area contributed by atoms with Gasteiger partial charge in [0, 0.05) is 12.2 Å². The second-order valence-electron chi connectivity index (χ2n) is 5.78. The first-order valence-electron chi connectivity index (χ1n) is 8.20. The zero-order valence-electron chi connectivity index (χ0n) is 14.1. The first-order chi connectivity index (χ1) is 12.2. The quantitative estimate of drug-likeness (QED) is 0.481. The van der Waals surface area contributed by atoms with E-state index in [-0.39, 0.29) is 12.1 Å². The number of carbonyl (C=O) groups is 1. The van der Waals surface area contributed by atoms with E-state index in [2.05, 4.69) is 9.97 Å². The van der Waals surface area contributed by atoms with E-state index in [9.17, 15) is 4.79 Å². The van der Waals surface area contributed by atoms with Crippen LogP contribution in [0.25, 0.3) is 11.3 Å².